The molecule has 0 aliphatic carbocycles. The van der Waals surface area contributed by atoms with Crippen LogP contribution in [0.2, 0.25) is 0 Å². The number of thiophene rings is 1. The standard InChI is InChI=1S/C23H30N2O3S/c1-5-16(3)25(21(26)6-2)15-22(27)24-13-11-20-19(12-14-29-20)23(24)17-7-9-18(28-4)10-8-17/h7-10,12,14,16,23H,5-6,11,13,15H2,1-4H3/t16-,23+/m1/s1. The van der Waals surface area contributed by atoms with Crippen LogP contribution in [0.1, 0.15) is 55.7 Å². The van der Waals surface area contributed by atoms with Gasteiger partial charge in [0.25, 0.3) is 0 Å². The summed E-state index contributed by atoms with van der Waals surface area (Å²) in [5.74, 6) is 0.830. The highest BCUT2D eigenvalue weighted by Gasteiger charge is 2.34. The molecule has 0 spiro atoms. The third-order valence-electron chi connectivity index (χ3n) is 5.77. The second kappa shape index (κ2) is 9.44. The average Bonchev–Trinajstić information content (AvgIpc) is 3.24. The largest absolute Gasteiger partial charge is 0.497 e. The van der Waals surface area contributed by atoms with E-state index in [-0.39, 0.29) is 30.4 Å². The maximum Gasteiger partial charge on any atom is 0.243 e. The second-order valence-corrected chi connectivity index (χ2v) is 8.45. The normalized spacial score (nSPS) is 16.8. The molecule has 2 aromatic rings. The first-order chi connectivity index (χ1) is 14.0. The van der Waals surface area contributed by atoms with E-state index in [0.29, 0.717) is 13.0 Å². The van der Waals surface area contributed by atoms with Gasteiger partial charge in [-0.05, 0) is 54.5 Å². The van der Waals surface area contributed by atoms with E-state index in [4.69, 9.17) is 4.74 Å². The molecular weight excluding hydrogens is 384 g/mol. The van der Waals surface area contributed by atoms with Crippen molar-refractivity contribution in [1.29, 1.82) is 0 Å². The average molecular weight is 415 g/mol. The lowest BCUT2D eigenvalue weighted by Gasteiger charge is -2.38. The van der Waals surface area contributed by atoms with Crippen LogP contribution in [0, 0.1) is 0 Å². The lowest BCUT2D eigenvalue weighted by Crippen LogP contribution is -2.49. The Morgan fingerprint density at radius 3 is 2.59 bits per heavy atom. The van der Waals surface area contributed by atoms with Gasteiger partial charge >= 0.3 is 0 Å². The van der Waals surface area contributed by atoms with Gasteiger partial charge in [0, 0.05) is 23.9 Å². The first kappa shape index (κ1) is 21.4. The van der Waals surface area contributed by atoms with E-state index in [1.807, 2.05) is 49.9 Å². The topological polar surface area (TPSA) is 49.9 Å². The lowest BCUT2D eigenvalue weighted by molar-refractivity contribution is -0.143. The molecule has 1 aliphatic rings. The highest BCUT2D eigenvalue weighted by molar-refractivity contribution is 7.10. The van der Waals surface area contributed by atoms with E-state index >= 15 is 0 Å². The molecule has 0 bridgehead atoms. The van der Waals surface area contributed by atoms with E-state index in [9.17, 15) is 9.59 Å². The second-order valence-electron chi connectivity index (χ2n) is 7.44. The molecule has 0 saturated heterocycles. The summed E-state index contributed by atoms with van der Waals surface area (Å²) in [6, 6.07) is 9.97. The third-order valence-corrected chi connectivity index (χ3v) is 6.77. The smallest absolute Gasteiger partial charge is 0.243 e. The van der Waals surface area contributed by atoms with Gasteiger partial charge in [0.05, 0.1) is 13.2 Å². The molecule has 2 atom stereocenters. The Labute approximate surface area is 177 Å². The molecule has 156 valence electrons. The van der Waals surface area contributed by atoms with Gasteiger partial charge < -0.3 is 14.5 Å². The molecule has 1 aromatic heterocycles. The predicted octanol–water partition coefficient (Wildman–Crippen LogP) is 4.27. The highest BCUT2D eigenvalue weighted by Crippen LogP contribution is 2.38. The molecule has 2 heterocycles. The number of benzene rings is 1. The van der Waals surface area contributed by atoms with Crippen LogP contribution in [-0.2, 0) is 16.0 Å². The monoisotopic (exact) mass is 414 g/mol. The van der Waals surface area contributed by atoms with Gasteiger partial charge in [0.1, 0.15) is 12.3 Å². The molecule has 2 amide bonds. The van der Waals surface area contributed by atoms with E-state index < -0.39 is 0 Å². The molecular formula is C23H30N2O3S. The fraction of sp³-hybridized carbons (Fsp3) is 0.478. The van der Waals surface area contributed by atoms with Crippen LogP contribution in [0.15, 0.2) is 35.7 Å². The summed E-state index contributed by atoms with van der Waals surface area (Å²) in [7, 11) is 1.65. The van der Waals surface area contributed by atoms with Gasteiger partial charge in [-0.2, -0.15) is 0 Å². The van der Waals surface area contributed by atoms with Gasteiger partial charge in [-0.1, -0.05) is 26.0 Å². The first-order valence-electron chi connectivity index (χ1n) is 10.3. The number of ether oxygens (including phenoxy) is 1. The Morgan fingerprint density at radius 1 is 1.24 bits per heavy atom. The third kappa shape index (κ3) is 4.47. The van der Waals surface area contributed by atoms with Gasteiger partial charge in [0.15, 0.2) is 0 Å². The van der Waals surface area contributed by atoms with Crippen LogP contribution in [-0.4, -0.2) is 47.9 Å². The minimum atomic E-state index is -0.126. The van der Waals surface area contributed by atoms with Crippen molar-refractivity contribution in [3.63, 3.8) is 0 Å². The highest BCUT2D eigenvalue weighted by atomic mass is 32.1. The Bertz CT molecular complexity index is 846. The van der Waals surface area contributed by atoms with Gasteiger partial charge in [-0.15, -0.1) is 11.3 Å². The Balaban J connectivity index is 1.91. The number of fused-ring (bicyclic) bond motifs is 1. The molecule has 0 radical (unpaired) electrons. The quantitative estimate of drug-likeness (QED) is 0.680. The molecule has 0 N–H and O–H groups in total. The van der Waals surface area contributed by atoms with Crippen molar-refractivity contribution in [1.82, 2.24) is 9.80 Å². The number of hydrogen-bond acceptors (Lipinski definition) is 4. The first-order valence-corrected chi connectivity index (χ1v) is 11.2. The van der Waals surface area contributed by atoms with Crippen LogP contribution in [0.5, 0.6) is 5.75 Å². The molecule has 29 heavy (non-hydrogen) atoms. The summed E-state index contributed by atoms with van der Waals surface area (Å²) >= 11 is 1.75. The fourth-order valence-electron chi connectivity index (χ4n) is 3.88. The van der Waals surface area contributed by atoms with Crippen molar-refractivity contribution in [2.45, 2.75) is 52.1 Å². The number of amides is 2. The minimum absolute atomic E-state index is 0.00441. The van der Waals surface area contributed by atoms with Crippen molar-refractivity contribution < 1.29 is 14.3 Å². The van der Waals surface area contributed by atoms with Crippen LogP contribution in [0.25, 0.3) is 0 Å². The molecule has 3 rings (SSSR count). The Morgan fingerprint density at radius 2 is 1.97 bits per heavy atom. The maximum absolute atomic E-state index is 13.4. The van der Waals surface area contributed by atoms with Gasteiger partial charge in [-0.25, -0.2) is 0 Å². The predicted molar refractivity (Wildman–Crippen MR) is 116 cm³/mol. The zero-order valence-corrected chi connectivity index (χ0v) is 18.5. The van der Waals surface area contributed by atoms with Crippen molar-refractivity contribution in [3.05, 3.63) is 51.7 Å². The van der Waals surface area contributed by atoms with Crippen molar-refractivity contribution in [2.24, 2.45) is 0 Å². The molecule has 1 aliphatic heterocycles. The molecule has 6 heteroatoms. The number of hydrogen-bond donors (Lipinski definition) is 0. The van der Waals surface area contributed by atoms with Crippen LogP contribution < -0.4 is 4.74 Å². The zero-order valence-electron chi connectivity index (χ0n) is 17.7. The molecule has 1 aromatic carbocycles. The summed E-state index contributed by atoms with van der Waals surface area (Å²) in [6.45, 7) is 6.70. The summed E-state index contributed by atoms with van der Waals surface area (Å²) in [5, 5.41) is 2.10. The number of carbonyl (C=O) groups excluding carboxylic acids is 2. The van der Waals surface area contributed by atoms with Crippen LogP contribution >= 0.6 is 11.3 Å². The van der Waals surface area contributed by atoms with Crippen LogP contribution in [0.3, 0.4) is 0 Å². The van der Waals surface area contributed by atoms with Gasteiger partial charge in [0.2, 0.25) is 11.8 Å². The summed E-state index contributed by atoms with van der Waals surface area (Å²) in [6.07, 6.45) is 2.10. The summed E-state index contributed by atoms with van der Waals surface area (Å²) < 4.78 is 5.29. The lowest BCUT2D eigenvalue weighted by atomic mass is 9.93. The fourth-order valence-corrected chi connectivity index (χ4v) is 4.78. The number of carbonyl (C=O) groups is 2. The SMILES string of the molecule is CCC(=O)N(CC(=O)N1CCc2sccc2[C@@H]1c1ccc(OC)cc1)[C@H](C)CC. The number of methoxy groups -OCH3 is 1. The Kier molecular flexibility index (Phi) is 6.96. The maximum atomic E-state index is 13.4. The molecule has 5 nitrogen and oxygen atoms in total. The van der Waals surface area contributed by atoms with Gasteiger partial charge in [-0.3, -0.25) is 9.59 Å². The summed E-state index contributed by atoms with van der Waals surface area (Å²) in [4.78, 5) is 30.9. The van der Waals surface area contributed by atoms with E-state index in [0.717, 1.165) is 24.2 Å². The van der Waals surface area contributed by atoms with Crippen molar-refractivity contribution >= 4 is 23.2 Å². The van der Waals surface area contributed by atoms with E-state index in [2.05, 4.69) is 11.4 Å². The van der Waals surface area contributed by atoms with Crippen molar-refractivity contribution in [3.8, 4) is 5.75 Å². The van der Waals surface area contributed by atoms with Crippen molar-refractivity contribution in [2.75, 3.05) is 20.2 Å². The Hall–Kier alpha value is -2.34. The summed E-state index contributed by atoms with van der Waals surface area (Å²) in [5.41, 5.74) is 2.26. The van der Waals surface area contributed by atoms with E-state index in [1.54, 1.807) is 23.3 Å². The number of rotatable bonds is 7. The molecule has 0 saturated carbocycles. The zero-order chi connectivity index (χ0) is 21.0. The van der Waals surface area contributed by atoms with Crippen LogP contribution in [0.4, 0.5) is 0 Å². The number of nitrogens with zero attached hydrogens (tertiary/aromatic N) is 2. The molecule has 0 fully saturated rings. The van der Waals surface area contributed by atoms with E-state index in [1.165, 1.54) is 10.4 Å². The molecule has 0 unspecified atom stereocenters. The minimum Gasteiger partial charge on any atom is -0.497 e.